The number of nitrogens with zero attached hydrogens (tertiary/aromatic N) is 2. The number of carbonyl (C=O) groups is 3. The maximum Gasteiger partial charge on any atom is 0.323 e. The molecule has 3 amide bonds. The van der Waals surface area contributed by atoms with Crippen LogP contribution in [0.3, 0.4) is 0 Å². The molecule has 1 aliphatic carbocycles. The molecule has 208 valence electrons. The van der Waals surface area contributed by atoms with E-state index in [-0.39, 0.29) is 17.9 Å². The van der Waals surface area contributed by atoms with E-state index in [1.165, 1.54) is 0 Å². The predicted octanol–water partition coefficient (Wildman–Crippen LogP) is 4.21. The number of methoxy groups -OCH3 is 1. The monoisotopic (exact) mass is 526 g/mol. The fourth-order valence-corrected chi connectivity index (χ4v) is 5.00. The molecule has 2 aliphatic rings. The Morgan fingerprint density at radius 1 is 1.13 bits per heavy atom. The Balaban J connectivity index is 1.60. The van der Waals surface area contributed by atoms with E-state index >= 15 is 0 Å². The van der Waals surface area contributed by atoms with Crippen molar-refractivity contribution in [3.8, 4) is 0 Å². The molecule has 0 bridgehead atoms. The van der Waals surface area contributed by atoms with E-state index in [2.05, 4.69) is 15.5 Å². The van der Waals surface area contributed by atoms with Crippen LogP contribution in [0.4, 0.5) is 10.5 Å². The number of urea groups is 1. The molecule has 1 saturated heterocycles. The largest absolute Gasteiger partial charge is 0.466 e. The fraction of sp³-hybridized carbons (Fsp3) is 0.552. The minimum absolute atomic E-state index is 0.0333. The van der Waals surface area contributed by atoms with Gasteiger partial charge in [0.05, 0.1) is 12.3 Å². The number of ether oxygens (including phenoxy) is 2. The Bertz CT molecular complexity index is 1060. The zero-order valence-electron chi connectivity index (χ0n) is 23.3. The number of esters is 1. The first-order chi connectivity index (χ1) is 18.1. The Labute approximate surface area is 226 Å². The number of allylic oxidation sites excluding steroid dienone is 2. The highest BCUT2D eigenvalue weighted by atomic mass is 16.5. The van der Waals surface area contributed by atoms with Crippen molar-refractivity contribution in [1.29, 1.82) is 0 Å². The highest BCUT2D eigenvalue weighted by Gasteiger charge is 2.36. The van der Waals surface area contributed by atoms with Gasteiger partial charge in [-0.1, -0.05) is 18.2 Å². The standard InChI is InChI=1S/C29H42N4O5/c1-6-38-27(35)19-23-13-15-32(16-14-23)17-18-33(22(3)34)24-11-12-26(29(4,20-24)37-5)31-28(36)30-25-10-8-7-9-21(25)2/h7-12,23H,6,13-20H2,1-5H3,(H2,30,31,36). The lowest BCUT2D eigenvalue weighted by atomic mass is 9.90. The molecule has 0 saturated carbocycles. The predicted molar refractivity (Wildman–Crippen MR) is 147 cm³/mol. The summed E-state index contributed by atoms with van der Waals surface area (Å²) in [6.45, 7) is 10.8. The van der Waals surface area contributed by atoms with E-state index < -0.39 is 5.60 Å². The lowest BCUT2D eigenvalue weighted by molar-refractivity contribution is -0.144. The zero-order chi connectivity index (χ0) is 27.7. The molecule has 1 aromatic rings. The van der Waals surface area contributed by atoms with Gasteiger partial charge in [-0.05, 0) is 76.4 Å². The molecule has 1 aliphatic heterocycles. The first-order valence-corrected chi connectivity index (χ1v) is 13.4. The van der Waals surface area contributed by atoms with E-state index in [0.29, 0.717) is 37.6 Å². The number of aryl methyl sites for hydroxylation is 1. The van der Waals surface area contributed by atoms with Crippen molar-refractivity contribution in [2.75, 3.05) is 45.2 Å². The number of benzene rings is 1. The summed E-state index contributed by atoms with van der Waals surface area (Å²) in [5, 5.41) is 5.82. The van der Waals surface area contributed by atoms with Gasteiger partial charge in [-0.2, -0.15) is 0 Å². The number of para-hydroxylation sites is 1. The fourth-order valence-electron chi connectivity index (χ4n) is 5.00. The first kappa shape index (κ1) is 29.4. The number of carbonyl (C=O) groups excluding carboxylic acids is 3. The van der Waals surface area contributed by atoms with Crippen molar-refractivity contribution < 1.29 is 23.9 Å². The van der Waals surface area contributed by atoms with Crippen LogP contribution in [-0.2, 0) is 19.1 Å². The molecule has 3 rings (SSSR count). The number of nitrogens with one attached hydrogen (secondary N) is 2. The molecular weight excluding hydrogens is 484 g/mol. The van der Waals surface area contributed by atoms with Crippen LogP contribution in [0.15, 0.2) is 47.8 Å². The normalized spacial score (nSPS) is 20.2. The SMILES string of the molecule is CCOC(=O)CC1CCN(CCN(C(C)=O)C2=CC=C(NC(=O)Nc3ccccc3C)C(C)(OC)C2)CC1. The summed E-state index contributed by atoms with van der Waals surface area (Å²) in [5.74, 6) is 0.208. The molecule has 9 nitrogen and oxygen atoms in total. The van der Waals surface area contributed by atoms with E-state index in [1.54, 1.807) is 18.9 Å². The van der Waals surface area contributed by atoms with Crippen molar-refractivity contribution in [2.24, 2.45) is 5.92 Å². The van der Waals surface area contributed by atoms with Gasteiger partial charge in [-0.15, -0.1) is 0 Å². The molecule has 0 aromatic heterocycles. The minimum Gasteiger partial charge on any atom is -0.466 e. The molecule has 1 aromatic carbocycles. The summed E-state index contributed by atoms with van der Waals surface area (Å²) < 4.78 is 10.9. The molecule has 1 fully saturated rings. The Hall–Kier alpha value is -3.17. The van der Waals surface area contributed by atoms with Gasteiger partial charge < -0.3 is 29.9 Å². The van der Waals surface area contributed by atoms with Crippen molar-refractivity contribution in [3.63, 3.8) is 0 Å². The maximum atomic E-state index is 12.7. The van der Waals surface area contributed by atoms with E-state index in [1.807, 2.05) is 57.2 Å². The van der Waals surface area contributed by atoms with Crippen molar-refractivity contribution in [1.82, 2.24) is 15.1 Å². The van der Waals surface area contributed by atoms with Crippen LogP contribution in [0, 0.1) is 12.8 Å². The lowest BCUT2D eigenvalue weighted by Gasteiger charge is -2.38. The zero-order valence-corrected chi connectivity index (χ0v) is 23.3. The van der Waals surface area contributed by atoms with Gasteiger partial charge in [0.1, 0.15) is 5.60 Å². The highest BCUT2D eigenvalue weighted by molar-refractivity contribution is 5.91. The summed E-state index contributed by atoms with van der Waals surface area (Å²) in [4.78, 5) is 41.3. The van der Waals surface area contributed by atoms with E-state index in [9.17, 15) is 14.4 Å². The summed E-state index contributed by atoms with van der Waals surface area (Å²) >= 11 is 0. The minimum atomic E-state index is -0.799. The topological polar surface area (TPSA) is 100 Å². The number of hydrogen-bond donors (Lipinski definition) is 2. The van der Waals surface area contributed by atoms with Crippen LogP contribution in [0.5, 0.6) is 0 Å². The Morgan fingerprint density at radius 2 is 1.84 bits per heavy atom. The second-order valence-electron chi connectivity index (χ2n) is 10.2. The average Bonchev–Trinajstić information content (AvgIpc) is 2.88. The molecule has 38 heavy (non-hydrogen) atoms. The lowest BCUT2D eigenvalue weighted by Crippen LogP contribution is -2.46. The van der Waals surface area contributed by atoms with Crippen LogP contribution < -0.4 is 10.6 Å². The Morgan fingerprint density at radius 3 is 2.47 bits per heavy atom. The second-order valence-corrected chi connectivity index (χ2v) is 10.2. The van der Waals surface area contributed by atoms with Crippen LogP contribution in [0.2, 0.25) is 0 Å². The number of piperidine rings is 1. The maximum absolute atomic E-state index is 12.7. The molecule has 1 heterocycles. The number of rotatable bonds is 10. The summed E-state index contributed by atoms with van der Waals surface area (Å²) in [5.41, 5.74) is 2.39. The van der Waals surface area contributed by atoms with Crippen molar-refractivity contribution in [3.05, 3.63) is 53.4 Å². The summed E-state index contributed by atoms with van der Waals surface area (Å²) in [6.07, 6.45) is 6.53. The van der Waals surface area contributed by atoms with Gasteiger partial charge >= 0.3 is 12.0 Å². The number of anilines is 1. The smallest absolute Gasteiger partial charge is 0.323 e. The molecule has 0 spiro atoms. The number of hydrogen-bond acceptors (Lipinski definition) is 6. The van der Waals surface area contributed by atoms with Gasteiger partial charge in [0.15, 0.2) is 0 Å². The molecule has 0 radical (unpaired) electrons. The van der Waals surface area contributed by atoms with E-state index in [0.717, 1.165) is 49.4 Å². The van der Waals surface area contributed by atoms with Crippen LogP contribution >= 0.6 is 0 Å². The second kappa shape index (κ2) is 13.6. The third kappa shape index (κ3) is 7.91. The van der Waals surface area contributed by atoms with Crippen molar-refractivity contribution in [2.45, 2.75) is 59.0 Å². The van der Waals surface area contributed by atoms with Gasteiger partial charge in [-0.25, -0.2) is 4.79 Å². The van der Waals surface area contributed by atoms with Crippen LogP contribution in [-0.4, -0.2) is 73.2 Å². The number of likely N-dealkylation sites (tertiary alicyclic amines) is 1. The number of amides is 3. The first-order valence-electron chi connectivity index (χ1n) is 13.4. The average molecular weight is 527 g/mol. The quantitative estimate of drug-likeness (QED) is 0.443. The van der Waals surface area contributed by atoms with E-state index in [4.69, 9.17) is 9.47 Å². The third-order valence-corrected chi connectivity index (χ3v) is 7.46. The molecule has 1 atom stereocenters. The van der Waals surface area contributed by atoms with Crippen LogP contribution in [0.25, 0.3) is 0 Å². The molecule has 1 unspecified atom stereocenters. The molecular formula is C29H42N4O5. The third-order valence-electron chi connectivity index (χ3n) is 7.46. The summed E-state index contributed by atoms with van der Waals surface area (Å²) in [7, 11) is 1.61. The van der Waals surface area contributed by atoms with Crippen molar-refractivity contribution >= 4 is 23.6 Å². The Kier molecular flexibility index (Phi) is 10.5. The van der Waals surface area contributed by atoms with Gasteiger partial charge in [0.25, 0.3) is 0 Å². The molecule has 9 heteroatoms. The summed E-state index contributed by atoms with van der Waals surface area (Å²) in [6, 6.07) is 7.24. The van der Waals surface area contributed by atoms with Gasteiger partial charge in [0, 0.05) is 51.3 Å². The van der Waals surface area contributed by atoms with Gasteiger partial charge in [-0.3, -0.25) is 9.59 Å². The highest BCUT2D eigenvalue weighted by Crippen LogP contribution is 2.33. The van der Waals surface area contributed by atoms with Crippen LogP contribution in [0.1, 0.15) is 52.0 Å². The van der Waals surface area contributed by atoms with Gasteiger partial charge in [0.2, 0.25) is 5.91 Å². The molecule has 2 N–H and O–H groups in total.